The van der Waals surface area contributed by atoms with E-state index in [0.29, 0.717) is 11.4 Å². The fourth-order valence-electron chi connectivity index (χ4n) is 1.25. The first-order valence-corrected chi connectivity index (χ1v) is 5.88. The van der Waals surface area contributed by atoms with E-state index in [4.69, 9.17) is 9.84 Å². The molecule has 0 saturated carbocycles. The van der Waals surface area contributed by atoms with Gasteiger partial charge in [0.2, 0.25) is 0 Å². The lowest BCUT2D eigenvalue weighted by atomic mass is 10.3. The second kappa shape index (κ2) is 6.63. The summed E-state index contributed by atoms with van der Waals surface area (Å²) in [4.78, 5) is 23.8. The normalized spacial score (nSPS) is 10.1. The third-order valence-electron chi connectivity index (χ3n) is 2.54. The molecular formula is C13H18N2O4. The summed E-state index contributed by atoms with van der Waals surface area (Å²) in [5.74, 6) is -0.652. The number of aliphatic carboxylic acids is 1. The maximum Gasteiger partial charge on any atom is 0.341 e. The zero-order chi connectivity index (χ0) is 14.4. The number of hydrogen-bond acceptors (Lipinski definition) is 3. The first-order chi connectivity index (χ1) is 8.90. The van der Waals surface area contributed by atoms with Gasteiger partial charge in [0.05, 0.1) is 0 Å². The van der Waals surface area contributed by atoms with Crippen molar-refractivity contribution in [3.05, 3.63) is 24.3 Å². The lowest BCUT2D eigenvalue weighted by Crippen LogP contribution is -2.36. The van der Waals surface area contributed by atoms with Crippen molar-refractivity contribution in [2.75, 3.05) is 19.0 Å². The van der Waals surface area contributed by atoms with Crippen LogP contribution in [0.2, 0.25) is 0 Å². The van der Waals surface area contributed by atoms with Crippen molar-refractivity contribution in [2.24, 2.45) is 0 Å². The Hall–Kier alpha value is -2.24. The molecule has 6 heteroatoms. The third kappa shape index (κ3) is 4.87. The van der Waals surface area contributed by atoms with E-state index in [0.717, 1.165) is 0 Å². The third-order valence-corrected chi connectivity index (χ3v) is 2.54. The van der Waals surface area contributed by atoms with E-state index in [1.165, 1.54) is 0 Å². The SMILES string of the molecule is CC(C)N(C)C(=O)Nc1cccc(OCC(=O)O)c1. The van der Waals surface area contributed by atoms with E-state index >= 15 is 0 Å². The first kappa shape index (κ1) is 14.8. The number of carboxylic acid groups (broad SMARTS) is 1. The first-order valence-electron chi connectivity index (χ1n) is 5.88. The fourth-order valence-corrected chi connectivity index (χ4v) is 1.25. The van der Waals surface area contributed by atoms with Crippen molar-refractivity contribution in [2.45, 2.75) is 19.9 Å². The highest BCUT2D eigenvalue weighted by Gasteiger charge is 2.11. The molecule has 19 heavy (non-hydrogen) atoms. The second-order valence-electron chi connectivity index (χ2n) is 4.35. The summed E-state index contributed by atoms with van der Waals surface area (Å²) in [6, 6.07) is 6.46. The smallest absolute Gasteiger partial charge is 0.341 e. The van der Waals surface area contributed by atoms with Crippen molar-refractivity contribution in [1.29, 1.82) is 0 Å². The molecule has 0 aromatic heterocycles. The molecule has 6 nitrogen and oxygen atoms in total. The molecule has 0 aliphatic rings. The Morgan fingerprint density at radius 1 is 1.42 bits per heavy atom. The fraction of sp³-hybridized carbons (Fsp3) is 0.385. The Labute approximate surface area is 112 Å². The minimum atomic E-state index is -1.05. The molecule has 0 heterocycles. The number of ether oxygens (including phenoxy) is 1. The molecule has 104 valence electrons. The van der Waals surface area contributed by atoms with Crippen molar-refractivity contribution in [1.82, 2.24) is 4.90 Å². The highest BCUT2D eigenvalue weighted by molar-refractivity contribution is 5.89. The number of urea groups is 1. The van der Waals surface area contributed by atoms with E-state index in [-0.39, 0.29) is 12.1 Å². The largest absolute Gasteiger partial charge is 0.482 e. The average Bonchev–Trinajstić information content (AvgIpc) is 2.35. The zero-order valence-corrected chi connectivity index (χ0v) is 11.2. The molecule has 0 radical (unpaired) electrons. The predicted octanol–water partition coefficient (Wildman–Crippen LogP) is 2.02. The highest BCUT2D eigenvalue weighted by Crippen LogP contribution is 2.17. The molecule has 0 unspecified atom stereocenters. The number of anilines is 1. The van der Waals surface area contributed by atoms with Crippen LogP contribution in [0.1, 0.15) is 13.8 Å². The van der Waals surface area contributed by atoms with Crippen LogP contribution in [0.15, 0.2) is 24.3 Å². The topological polar surface area (TPSA) is 78.9 Å². The van der Waals surface area contributed by atoms with E-state index in [2.05, 4.69) is 5.32 Å². The summed E-state index contributed by atoms with van der Waals surface area (Å²) in [6.45, 7) is 3.40. The van der Waals surface area contributed by atoms with Gasteiger partial charge in [-0.15, -0.1) is 0 Å². The molecule has 0 saturated heterocycles. The number of nitrogens with one attached hydrogen (secondary N) is 1. The van der Waals surface area contributed by atoms with Crippen LogP contribution >= 0.6 is 0 Å². The Bertz CT molecular complexity index is 460. The molecule has 0 aliphatic carbocycles. The average molecular weight is 266 g/mol. The summed E-state index contributed by atoms with van der Waals surface area (Å²) in [5.41, 5.74) is 0.556. The molecule has 0 spiro atoms. The monoisotopic (exact) mass is 266 g/mol. The molecule has 2 N–H and O–H groups in total. The van der Waals surface area contributed by atoms with Crippen molar-refractivity contribution < 1.29 is 19.4 Å². The summed E-state index contributed by atoms with van der Waals surface area (Å²) in [5, 5.41) is 11.2. The Morgan fingerprint density at radius 2 is 2.11 bits per heavy atom. The lowest BCUT2D eigenvalue weighted by Gasteiger charge is -2.21. The van der Waals surface area contributed by atoms with Gasteiger partial charge in [0, 0.05) is 24.8 Å². The van der Waals surface area contributed by atoms with Crippen LogP contribution in [0.5, 0.6) is 5.75 Å². The Balaban J connectivity index is 2.66. The van der Waals surface area contributed by atoms with Gasteiger partial charge in [-0.05, 0) is 26.0 Å². The van der Waals surface area contributed by atoms with Crippen LogP contribution < -0.4 is 10.1 Å². The molecule has 1 aromatic rings. The molecule has 0 aliphatic heterocycles. The Morgan fingerprint density at radius 3 is 2.68 bits per heavy atom. The number of rotatable bonds is 5. The van der Waals surface area contributed by atoms with E-state index in [1.807, 2.05) is 13.8 Å². The lowest BCUT2D eigenvalue weighted by molar-refractivity contribution is -0.139. The number of benzene rings is 1. The number of nitrogens with zero attached hydrogens (tertiary/aromatic N) is 1. The number of amides is 2. The number of carboxylic acids is 1. The molecule has 0 bridgehead atoms. The van der Waals surface area contributed by atoms with Gasteiger partial charge in [0.25, 0.3) is 0 Å². The van der Waals surface area contributed by atoms with Gasteiger partial charge in [-0.25, -0.2) is 9.59 Å². The standard InChI is InChI=1S/C13H18N2O4/c1-9(2)15(3)13(18)14-10-5-4-6-11(7-10)19-8-12(16)17/h4-7,9H,8H2,1-3H3,(H,14,18)(H,16,17). The summed E-state index contributed by atoms with van der Waals surface area (Å²) < 4.78 is 5.03. The van der Waals surface area contributed by atoms with Gasteiger partial charge in [0.1, 0.15) is 5.75 Å². The van der Waals surface area contributed by atoms with Crippen molar-refractivity contribution in [3.63, 3.8) is 0 Å². The molecule has 0 atom stereocenters. The minimum absolute atomic E-state index is 0.0893. The van der Waals surface area contributed by atoms with Gasteiger partial charge in [0.15, 0.2) is 6.61 Å². The Kier molecular flexibility index (Phi) is 5.17. The van der Waals surface area contributed by atoms with Crippen LogP contribution in [-0.2, 0) is 4.79 Å². The van der Waals surface area contributed by atoms with Crippen LogP contribution in [-0.4, -0.2) is 41.7 Å². The molecule has 1 rings (SSSR count). The van der Waals surface area contributed by atoms with Crippen LogP contribution in [0.3, 0.4) is 0 Å². The molecule has 0 fully saturated rings. The molecular weight excluding hydrogens is 248 g/mol. The van der Waals surface area contributed by atoms with Crippen LogP contribution in [0.25, 0.3) is 0 Å². The number of carbonyl (C=O) groups excluding carboxylic acids is 1. The highest BCUT2D eigenvalue weighted by atomic mass is 16.5. The van der Waals surface area contributed by atoms with E-state index < -0.39 is 12.6 Å². The second-order valence-corrected chi connectivity index (χ2v) is 4.35. The minimum Gasteiger partial charge on any atom is -0.482 e. The van der Waals surface area contributed by atoms with Gasteiger partial charge in [-0.1, -0.05) is 6.07 Å². The van der Waals surface area contributed by atoms with E-state index in [9.17, 15) is 9.59 Å². The van der Waals surface area contributed by atoms with E-state index in [1.54, 1.807) is 36.2 Å². The zero-order valence-electron chi connectivity index (χ0n) is 11.2. The summed E-state index contributed by atoms with van der Waals surface area (Å²) >= 11 is 0. The summed E-state index contributed by atoms with van der Waals surface area (Å²) in [6.07, 6.45) is 0. The van der Waals surface area contributed by atoms with Crippen molar-refractivity contribution >= 4 is 17.7 Å². The number of hydrogen-bond donors (Lipinski definition) is 2. The molecule has 2 amide bonds. The predicted molar refractivity (Wildman–Crippen MR) is 71.5 cm³/mol. The quantitative estimate of drug-likeness (QED) is 0.854. The van der Waals surface area contributed by atoms with Crippen LogP contribution in [0.4, 0.5) is 10.5 Å². The van der Waals surface area contributed by atoms with Gasteiger partial charge in [-0.3, -0.25) is 0 Å². The van der Waals surface area contributed by atoms with Gasteiger partial charge >= 0.3 is 12.0 Å². The number of carbonyl (C=O) groups is 2. The van der Waals surface area contributed by atoms with Crippen LogP contribution in [0, 0.1) is 0 Å². The maximum atomic E-state index is 11.8. The van der Waals surface area contributed by atoms with Gasteiger partial charge in [-0.2, -0.15) is 0 Å². The maximum absolute atomic E-state index is 11.8. The molecule has 1 aromatic carbocycles. The summed E-state index contributed by atoms with van der Waals surface area (Å²) in [7, 11) is 1.70. The van der Waals surface area contributed by atoms with Crippen molar-refractivity contribution in [3.8, 4) is 5.75 Å². The van der Waals surface area contributed by atoms with Gasteiger partial charge < -0.3 is 20.1 Å².